The van der Waals surface area contributed by atoms with Crippen LogP contribution in [0.2, 0.25) is 0 Å². The summed E-state index contributed by atoms with van der Waals surface area (Å²) in [5, 5.41) is 0. The predicted octanol–water partition coefficient (Wildman–Crippen LogP) is 14.5. The normalized spacial score (nSPS) is 13.3. The van der Waals surface area contributed by atoms with Crippen LogP contribution in [0.4, 0.5) is 0 Å². The summed E-state index contributed by atoms with van der Waals surface area (Å²) in [6.07, 6.45) is 45.5. The molecule has 0 aromatic rings. The lowest BCUT2D eigenvalue weighted by Gasteiger charge is -2.19. The number of phosphoric ester groups is 1. The second kappa shape index (κ2) is 41.4. The molecule has 8 nitrogen and oxygen atoms in total. The maximum Gasteiger partial charge on any atom is 0.472 e. The molecule has 0 aromatic carbocycles. The molecule has 0 aromatic heterocycles. The molecule has 0 spiro atoms. The van der Waals surface area contributed by atoms with Gasteiger partial charge in [-0.1, -0.05) is 199 Å². The monoisotopic (exact) mass is 787 g/mol. The van der Waals surface area contributed by atoms with Crippen molar-refractivity contribution in [1.82, 2.24) is 0 Å². The minimum Gasteiger partial charge on any atom is -0.462 e. The van der Waals surface area contributed by atoms with E-state index in [-0.39, 0.29) is 19.0 Å². The van der Waals surface area contributed by atoms with E-state index in [9.17, 15) is 19.0 Å². The average Bonchev–Trinajstić information content (AvgIpc) is 3.16. The molecule has 0 saturated carbocycles. The van der Waals surface area contributed by atoms with Crippen molar-refractivity contribution in [2.45, 2.75) is 245 Å². The molecular weight excluding hydrogens is 699 g/mol. The van der Waals surface area contributed by atoms with Crippen molar-refractivity contribution < 1.29 is 37.6 Å². The number of carbonyl (C=O) groups is 2. The van der Waals surface area contributed by atoms with Crippen molar-refractivity contribution in [3.05, 3.63) is 12.2 Å². The van der Waals surface area contributed by atoms with Gasteiger partial charge in [0.2, 0.25) is 0 Å². The van der Waals surface area contributed by atoms with E-state index in [4.69, 9.17) is 14.0 Å². The molecular formula is C45H87O8P. The maximum absolute atomic E-state index is 12.5. The smallest absolute Gasteiger partial charge is 0.462 e. The molecule has 0 heterocycles. The van der Waals surface area contributed by atoms with E-state index in [0.717, 1.165) is 58.5 Å². The zero-order valence-corrected chi connectivity index (χ0v) is 36.5. The standard InChI is InChI=1S/C45H87O8P/c1-4-6-8-10-12-14-16-18-20-21-22-23-24-26-27-29-31-33-35-37-39-44(46)51-41-43(42-52-54(48,49)50-3)53-45(47)40-38-36-34-32-30-28-25-19-17-15-13-11-9-7-5-2/h19,25,43H,4-18,20-24,26-42H2,1-3H3,(H,48,49)/b25-19-. The van der Waals surface area contributed by atoms with E-state index in [1.807, 2.05) is 0 Å². The van der Waals surface area contributed by atoms with Gasteiger partial charge in [0.1, 0.15) is 6.61 Å². The third-order valence-electron chi connectivity index (χ3n) is 10.3. The molecule has 0 fully saturated rings. The van der Waals surface area contributed by atoms with Gasteiger partial charge in [-0.25, -0.2) is 4.57 Å². The Morgan fingerprint density at radius 1 is 0.500 bits per heavy atom. The highest BCUT2D eigenvalue weighted by molar-refractivity contribution is 7.47. The largest absolute Gasteiger partial charge is 0.472 e. The van der Waals surface area contributed by atoms with Gasteiger partial charge in [0.15, 0.2) is 6.10 Å². The second-order valence-corrected chi connectivity index (χ2v) is 17.1. The molecule has 0 amide bonds. The van der Waals surface area contributed by atoms with Crippen molar-refractivity contribution in [2.75, 3.05) is 20.3 Å². The van der Waals surface area contributed by atoms with E-state index >= 15 is 0 Å². The van der Waals surface area contributed by atoms with Gasteiger partial charge in [0, 0.05) is 20.0 Å². The summed E-state index contributed by atoms with van der Waals surface area (Å²) in [7, 11) is -3.19. The Balaban J connectivity index is 3.91. The van der Waals surface area contributed by atoms with Gasteiger partial charge in [0.05, 0.1) is 6.61 Å². The highest BCUT2D eigenvalue weighted by atomic mass is 31.2. The molecule has 0 rings (SSSR count). The molecule has 1 N–H and O–H groups in total. The number of unbranched alkanes of at least 4 members (excludes halogenated alkanes) is 30. The van der Waals surface area contributed by atoms with Crippen molar-refractivity contribution in [2.24, 2.45) is 0 Å². The van der Waals surface area contributed by atoms with E-state index in [1.165, 1.54) is 154 Å². The zero-order chi connectivity index (χ0) is 39.6. The van der Waals surface area contributed by atoms with E-state index in [1.54, 1.807) is 0 Å². The first-order chi connectivity index (χ1) is 26.3. The van der Waals surface area contributed by atoms with Crippen LogP contribution in [0.5, 0.6) is 0 Å². The van der Waals surface area contributed by atoms with Crippen LogP contribution in [-0.4, -0.2) is 43.3 Å². The van der Waals surface area contributed by atoms with Crippen LogP contribution in [0, 0.1) is 0 Å². The third-order valence-corrected chi connectivity index (χ3v) is 11.2. The summed E-state index contributed by atoms with van der Waals surface area (Å²) >= 11 is 0. The highest BCUT2D eigenvalue weighted by Crippen LogP contribution is 2.42. The fraction of sp³-hybridized carbons (Fsp3) is 0.911. The summed E-state index contributed by atoms with van der Waals surface area (Å²) in [5.74, 6) is -0.800. The number of rotatable bonds is 43. The van der Waals surface area contributed by atoms with Crippen molar-refractivity contribution in [1.29, 1.82) is 0 Å². The lowest BCUT2D eigenvalue weighted by atomic mass is 10.0. The minimum atomic E-state index is -4.26. The van der Waals surface area contributed by atoms with Gasteiger partial charge in [-0.15, -0.1) is 0 Å². The van der Waals surface area contributed by atoms with E-state index in [2.05, 4.69) is 30.5 Å². The summed E-state index contributed by atoms with van der Waals surface area (Å²) in [6.45, 7) is 3.91. The van der Waals surface area contributed by atoms with Crippen molar-refractivity contribution in [3.8, 4) is 0 Å². The molecule has 0 radical (unpaired) electrons. The summed E-state index contributed by atoms with van der Waals surface area (Å²) in [5.41, 5.74) is 0. The Hall–Kier alpha value is -1.21. The summed E-state index contributed by atoms with van der Waals surface area (Å²) in [6, 6.07) is 0. The Morgan fingerprint density at radius 3 is 1.20 bits per heavy atom. The van der Waals surface area contributed by atoms with Crippen molar-refractivity contribution >= 4 is 19.8 Å². The molecule has 2 unspecified atom stereocenters. The Kier molecular flexibility index (Phi) is 40.5. The first kappa shape index (κ1) is 52.8. The van der Waals surface area contributed by atoms with Crippen LogP contribution in [0.15, 0.2) is 12.2 Å². The number of hydrogen-bond donors (Lipinski definition) is 1. The Labute approximate surface area is 333 Å². The molecule has 54 heavy (non-hydrogen) atoms. The van der Waals surface area contributed by atoms with E-state index in [0.29, 0.717) is 12.8 Å². The van der Waals surface area contributed by atoms with Crippen LogP contribution in [0.1, 0.15) is 239 Å². The third kappa shape index (κ3) is 40.5. The topological polar surface area (TPSA) is 108 Å². The number of esters is 2. The van der Waals surface area contributed by atoms with Crippen LogP contribution in [-0.2, 0) is 32.7 Å². The number of hydrogen-bond acceptors (Lipinski definition) is 7. The predicted molar refractivity (Wildman–Crippen MR) is 226 cm³/mol. The molecule has 2 atom stereocenters. The summed E-state index contributed by atoms with van der Waals surface area (Å²) < 4.78 is 32.0. The van der Waals surface area contributed by atoms with Gasteiger partial charge in [-0.2, -0.15) is 0 Å². The van der Waals surface area contributed by atoms with Crippen LogP contribution in [0.3, 0.4) is 0 Å². The number of phosphoric acid groups is 1. The molecule has 0 aliphatic heterocycles. The van der Waals surface area contributed by atoms with Gasteiger partial charge >= 0.3 is 19.8 Å². The molecule has 0 saturated heterocycles. The molecule has 0 aliphatic rings. The van der Waals surface area contributed by atoms with Gasteiger partial charge in [-0.05, 0) is 38.5 Å². The first-order valence-electron chi connectivity index (χ1n) is 22.9. The highest BCUT2D eigenvalue weighted by Gasteiger charge is 2.24. The second-order valence-electron chi connectivity index (χ2n) is 15.5. The quantitative estimate of drug-likeness (QED) is 0.0282. The lowest BCUT2D eigenvalue weighted by Crippen LogP contribution is -2.29. The average molecular weight is 787 g/mol. The van der Waals surface area contributed by atoms with Crippen LogP contribution >= 0.6 is 7.82 Å². The number of allylic oxidation sites excluding steroid dienone is 2. The fourth-order valence-corrected chi connectivity index (χ4v) is 7.17. The zero-order valence-electron chi connectivity index (χ0n) is 35.6. The van der Waals surface area contributed by atoms with Crippen LogP contribution < -0.4 is 0 Å². The van der Waals surface area contributed by atoms with Gasteiger partial charge < -0.3 is 14.4 Å². The number of carbonyl (C=O) groups excluding carboxylic acids is 2. The summed E-state index contributed by atoms with van der Waals surface area (Å²) in [4.78, 5) is 34.5. The lowest BCUT2D eigenvalue weighted by molar-refractivity contribution is -0.161. The fourth-order valence-electron chi connectivity index (χ4n) is 6.71. The molecule has 320 valence electrons. The van der Waals surface area contributed by atoms with Crippen LogP contribution in [0.25, 0.3) is 0 Å². The first-order valence-corrected chi connectivity index (χ1v) is 24.4. The number of ether oxygens (including phenoxy) is 2. The Morgan fingerprint density at radius 2 is 0.833 bits per heavy atom. The Bertz CT molecular complexity index is 895. The minimum absolute atomic E-state index is 0.222. The maximum atomic E-state index is 12.5. The molecule has 9 heteroatoms. The van der Waals surface area contributed by atoms with E-state index < -0.39 is 26.5 Å². The SMILES string of the molecule is CCCCCCCC/C=C\CCCCCCCC(=O)OC(COC(=O)CCCCCCCCCCCCCCCCCCCCCC)COP(=O)(O)OC. The van der Waals surface area contributed by atoms with Crippen molar-refractivity contribution in [3.63, 3.8) is 0 Å². The molecule has 0 aliphatic carbocycles. The molecule has 0 bridgehead atoms. The van der Waals surface area contributed by atoms with Gasteiger partial charge in [0.25, 0.3) is 0 Å². The van der Waals surface area contributed by atoms with Gasteiger partial charge in [-0.3, -0.25) is 18.6 Å².